The van der Waals surface area contributed by atoms with Crippen molar-refractivity contribution in [2.45, 2.75) is 36.9 Å². The third-order valence-corrected chi connectivity index (χ3v) is 7.18. The molecule has 0 aliphatic heterocycles. The van der Waals surface area contributed by atoms with Crippen molar-refractivity contribution in [1.82, 2.24) is 4.98 Å². The molecule has 1 saturated carbocycles. The Hall–Kier alpha value is -2.15. The van der Waals surface area contributed by atoms with E-state index < -0.39 is 26.6 Å². The van der Waals surface area contributed by atoms with Gasteiger partial charge in [0.1, 0.15) is 4.75 Å². The molecule has 2 aliphatic carbocycles. The van der Waals surface area contributed by atoms with E-state index in [-0.39, 0.29) is 5.92 Å². The van der Waals surface area contributed by atoms with Gasteiger partial charge in [0.25, 0.3) is 0 Å². The van der Waals surface area contributed by atoms with Crippen LogP contribution in [0, 0.1) is 11.8 Å². The zero-order chi connectivity index (χ0) is 17.9. The molecule has 0 aromatic carbocycles. The molecule has 1 amide bonds. The largest absolute Gasteiger partial charge is 0.369 e. The molecule has 0 spiro atoms. The van der Waals surface area contributed by atoms with E-state index in [0.717, 1.165) is 25.7 Å². The first-order valence-electron chi connectivity index (χ1n) is 8.52. The number of carbonyl (C=O) groups is 1. The average Bonchev–Trinajstić information content (AvgIpc) is 3.08. The molecule has 0 bridgehead atoms. The molecule has 3 rings (SSSR count). The SMILES string of the molecule is NC(=O)C1C=CC=CC1(CC1CCCC1)S(=O)(=O)Nc1cccnc1. The average molecular weight is 361 g/mol. The van der Waals surface area contributed by atoms with Gasteiger partial charge in [-0.05, 0) is 24.5 Å². The zero-order valence-electron chi connectivity index (χ0n) is 14.0. The van der Waals surface area contributed by atoms with Gasteiger partial charge in [-0.3, -0.25) is 14.5 Å². The van der Waals surface area contributed by atoms with Gasteiger partial charge in [-0.2, -0.15) is 0 Å². The predicted octanol–water partition coefficient (Wildman–Crippen LogP) is 2.37. The van der Waals surface area contributed by atoms with Crippen LogP contribution in [0.15, 0.2) is 48.8 Å². The Kier molecular flexibility index (Phi) is 4.94. The molecule has 25 heavy (non-hydrogen) atoms. The van der Waals surface area contributed by atoms with Gasteiger partial charge in [-0.1, -0.05) is 50.0 Å². The third kappa shape index (κ3) is 3.46. The minimum Gasteiger partial charge on any atom is -0.369 e. The van der Waals surface area contributed by atoms with Crippen molar-refractivity contribution in [3.05, 3.63) is 48.8 Å². The lowest BCUT2D eigenvalue weighted by Gasteiger charge is -2.38. The van der Waals surface area contributed by atoms with E-state index in [0.29, 0.717) is 12.1 Å². The molecule has 6 nitrogen and oxygen atoms in total. The minimum atomic E-state index is -3.91. The third-order valence-electron chi connectivity index (χ3n) is 5.12. The molecule has 0 radical (unpaired) electrons. The summed E-state index contributed by atoms with van der Waals surface area (Å²) >= 11 is 0. The number of hydrogen-bond donors (Lipinski definition) is 2. The van der Waals surface area contributed by atoms with Gasteiger partial charge in [0.2, 0.25) is 15.9 Å². The second-order valence-corrected chi connectivity index (χ2v) is 8.75. The second-order valence-electron chi connectivity index (χ2n) is 6.78. The Balaban J connectivity index is 2.01. The van der Waals surface area contributed by atoms with Crippen molar-refractivity contribution < 1.29 is 13.2 Å². The summed E-state index contributed by atoms with van der Waals surface area (Å²) in [4.78, 5) is 16.0. The highest BCUT2D eigenvalue weighted by Gasteiger charge is 2.52. The molecular weight excluding hydrogens is 338 g/mol. The first-order valence-corrected chi connectivity index (χ1v) is 10.0. The van der Waals surface area contributed by atoms with Crippen LogP contribution in [0.25, 0.3) is 0 Å². The highest BCUT2D eigenvalue weighted by Crippen LogP contribution is 2.43. The van der Waals surface area contributed by atoms with Crippen molar-refractivity contribution in [3.8, 4) is 0 Å². The van der Waals surface area contributed by atoms with Gasteiger partial charge < -0.3 is 5.73 Å². The van der Waals surface area contributed by atoms with E-state index in [9.17, 15) is 13.2 Å². The van der Waals surface area contributed by atoms with Crippen LogP contribution in [0.5, 0.6) is 0 Å². The fourth-order valence-corrected chi connectivity index (χ4v) is 5.76. The maximum atomic E-state index is 13.3. The van der Waals surface area contributed by atoms with E-state index in [1.807, 2.05) is 0 Å². The van der Waals surface area contributed by atoms with Gasteiger partial charge >= 0.3 is 0 Å². The van der Waals surface area contributed by atoms with Crippen molar-refractivity contribution in [1.29, 1.82) is 0 Å². The Morgan fingerprint density at radius 2 is 2.08 bits per heavy atom. The molecule has 134 valence electrons. The monoisotopic (exact) mass is 361 g/mol. The minimum absolute atomic E-state index is 0.267. The second kappa shape index (κ2) is 7.00. The fourth-order valence-electron chi connectivity index (χ4n) is 3.90. The summed E-state index contributed by atoms with van der Waals surface area (Å²) in [5, 5.41) is 0. The number of anilines is 1. The van der Waals surface area contributed by atoms with Crippen LogP contribution >= 0.6 is 0 Å². The Morgan fingerprint density at radius 1 is 1.32 bits per heavy atom. The fraction of sp³-hybridized carbons (Fsp3) is 0.444. The van der Waals surface area contributed by atoms with E-state index in [1.165, 1.54) is 6.20 Å². The standard InChI is InChI=1S/C18H23N3O3S/c19-17(22)16-9-3-4-10-18(16,12-14-6-1-2-7-14)25(23,24)21-15-8-5-11-20-13-15/h3-5,8-11,13-14,16,21H,1-2,6-7,12H2,(H2,19,22). The number of nitrogens with two attached hydrogens (primary N) is 1. The molecule has 0 saturated heterocycles. The van der Waals surface area contributed by atoms with Crippen LogP contribution in [0.4, 0.5) is 5.69 Å². The Labute approximate surface area is 148 Å². The first kappa shape index (κ1) is 17.7. The maximum Gasteiger partial charge on any atom is 0.243 e. The van der Waals surface area contributed by atoms with Crippen molar-refractivity contribution in [2.24, 2.45) is 17.6 Å². The quantitative estimate of drug-likeness (QED) is 0.812. The molecule has 7 heteroatoms. The van der Waals surface area contributed by atoms with Gasteiger partial charge in [-0.15, -0.1) is 0 Å². The molecule has 2 aliphatic rings. The van der Waals surface area contributed by atoms with Gasteiger partial charge in [-0.25, -0.2) is 8.42 Å². The van der Waals surface area contributed by atoms with Crippen LogP contribution in [-0.2, 0) is 14.8 Å². The summed E-state index contributed by atoms with van der Waals surface area (Å²) in [6, 6.07) is 3.29. The van der Waals surface area contributed by atoms with Crippen molar-refractivity contribution >= 4 is 21.6 Å². The summed E-state index contributed by atoms with van der Waals surface area (Å²) in [7, 11) is -3.91. The topological polar surface area (TPSA) is 102 Å². The Bertz CT molecular complexity index is 783. The summed E-state index contributed by atoms with van der Waals surface area (Å²) in [5.41, 5.74) is 5.95. The molecule has 1 fully saturated rings. The smallest absolute Gasteiger partial charge is 0.243 e. The lowest BCUT2D eigenvalue weighted by atomic mass is 9.80. The van der Waals surface area contributed by atoms with Gasteiger partial charge in [0.15, 0.2) is 0 Å². The number of pyridine rings is 1. The number of allylic oxidation sites excluding steroid dienone is 2. The molecule has 2 atom stereocenters. The van der Waals surface area contributed by atoms with Crippen LogP contribution in [0.3, 0.4) is 0 Å². The summed E-state index contributed by atoms with van der Waals surface area (Å²) in [6.07, 6.45) is 14.1. The first-order chi connectivity index (χ1) is 11.9. The number of hydrogen-bond acceptors (Lipinski definition) is 4. The van der Waals surface area contributed by atoms with E-state index in [2.05, 4.69) is 9.71 Å². The zero-order valence-corrected chi connectivity index (χ0v) is 14.8. The lowest BCUT2D eigenvalue weighted by molar-refractivity contribution is -0.121. The molecule has 2 unspecified atom stereocenters. The number of amides is 1. The molecule has 1 aromatic rings. The number of carbonyl (C=O) groups excluding carboxylic acids is 1. The van der Waals surface area contributed by atoms with Crippen LogP contribution in [-0.4, -0.2) is 24.1 Å². The highest BCUT2D eigenvalue weighted by molar-refractivity contribution is 7.94. The predicted molar refractivity (Wildman–Crippen MR) is 97.0 cm³/mol. The number of sulfonamides is 1. The molecule has 1 heterocycles. The van der Waals surface area contributed by atoms with Gasteiger partial charge in [0.05, 0.1) is 17.8 Å². The Morgan fingerprint density at radius 3 is 2.72 bits per heavy atom. The summed E-state index contributed by atoms with van der Waals surface area (Å²) in [5.74, 6) is -1.26. The van der Waals surface area contributed by atoms with Crippen molar-refractivity contribution in [2.75, 3.05) is 4.72 Å². The van der Waals surface area contributed by atoms with Crippen LogP contribution < -0.4 is 10.5 Å². The van der Waals surface area contributed by atoms with Crippen molar-refractivity contribution in [3.63, 3.8) is 0 Å². The lowest BCUT2D eigenvalue weighted by Crippen LogP contribution is -2.52. The van der Waals surface area contributed by atoms with E-state index in [1.54, 1.807) is 42.6 Å². The van der Waals surface area contributed by atoms with E-state index in [4.69, 9.17) is 5.73 Å². The highest BCUT2D eigenvalue weighted by atomic mass is 32.2. The molecular formula is C18H23N3O3S. The van der Waals surface area contributed by atoms with Gasteiger partial charge in [0, 0.05) is 6.20 Å². The van der Waals surface area contributed by atoms with Crippen LogP contribution in [0.1, 0.15) is 32.1 Å². The number of aromatic nitrogens is 1. The normalized spacial score (nSPS) is 26.6. The molecule has 1 aromatic heterocycles. The summed E-state index contributed by atoms with van der Waals surface area (Å²) in [6.45, 7) is 0. The molecule has 3 N–H and O–H groups in total. The maximum absolute atomic E-state index is 13.3. The number of nitrogens with zero attached hydrogens (tertiary/aromatic N) is 1. The number of rotatable bonds is 6. The number of nitrogens with one attached hydrogen (secondary N) is 1. The number of primary amides is 1. The van der Waals surface area contributed by atoms with Crippen LogP contribution in [0.2, 0.25) is 0 Å². The van der Waals surface area contributed by atoms with E-state index >= 15 is 0 Å². The summed E-state index contributed by atoms with van der Waals surface area (Å²) < 4.78 is 27.9.